The Kier molecular flexibility index (Phi) is 2.90. The molecular formula is C12H19NO. The summed E-state index contributed by atoms with van der Waals surface area (Å²) in [5, 5.41) is 0. The highest BCUT2D eigenvalue weighted by Gasteiger charge is 2.25. The number of rotatable bonds is 2. The van der Waals surface area contributed by atoms with E-state index in [2.05, 4.69) is 18.8 Å². The maximum Gasteiger partial charge on any atom is 0.180 e. The lowest BCUT2D eigenvalue weighted by Crippen LogP contribution is -2.17. The van der Waals surface area contributed by atoms with Crippen molar-refractivity contribution in [3.63, 3.8) is 0 Å². The Bertz CT molecular complexity index is 258. The maximum absolute atomic E-state index is 5.36. The van der Waals surface area contributed by atoms with E-state index in [0.717, 1.165) is 17.6 Å². The van der Waals surface area contributed by atoms with Crippen LogP contribution in [0.1, 0.15) is 51.2 Å². The Morgan fingerprint density at radius 2 is 2.00 bits per heavy atom. The van der Waals surface area contributed by atoms with E-state index in [-0.39, 0.29) is 0 Å². The summed E-state index contributed by atoms with van der Waals surface area (Å²) in [6.07, 6.45) is 8.67. The summed E-state index contributed by atoms with van der Waals surface area (Å²) in [4.78, 5) is 3.98. The average Bonchev–Trinajstić information content (AvgIpc) is 2.71. The third kappa shape index (κ3) is 1.99. The molecule has 0 N–H and O–H groups in total. The van der Waals surface area contributed by atoms with Gasteiger partial charge in [0.1, 0.15) is 5.76 Å². The Morgan fingerprint density at radius 3 is 2.50 bits per heavy atom. The highest BCUT2D eigenvalue weighted by molar-refractivity contribution is 5.00. The van der Waals surface area contributed by atoms with E-state index in [0.29, 0.717) is 5.92 Å². The van der Waals surface area contributed by atoms with Crippen molar-refractivity contribution in [2.45, 2.75) is 45.4 Å². The Labute approximate surface area is 85.7 Å². The van der Waals surface area contributed by atoms with E-state index in [9.17, 15) is 0 Å². The molecule has 14 heavy (non-hydrogen) atoms. The highest BCUT2D eigenvalue weighted by atomic mass is 16.3. The second-order valence-electron chi connectivity index (χ2n) is 4.76. The first kappa shape index (κ1) is 9.75. The van der Waals surface area contributed by atoms with E-state index in [1.165, 1.54) is 25.7 Å². The van der Waals surface area contributed by atoms with Crippen LogP contribution >= 0.6 is 0 Å². The second-order valence-corrected chi connectivity index (χ2v) is 4.76. The summed E-state index contributed by atoms with van der Waals surface area (Å²) in [5.74, 6) is 3.49. The third-order valence-corrected chi connectivity index (χ3v) is 3.57. The van der Waals surface area contributed by atoms with Crippen molar-refractivity contribution in [1.29, 1.82) is 0 Å². The predicted octanol–water partition coefficient (Wildman–Crippen LogP) is 3.60. The lowest BCUT2D eigenvalue weighted by atomic mass is 9.76. The van der Waals surface area contributed by atoms with Crippen LogP contribution in [0.3, 0.4) is 0 Å². The summed E-state index contributed by atoms with van der Waals surface area (Å²) in [5.41, 5.74) is 0. The van der Waals surface area contributed by atoms with Gasteiger partial charge in [-0.15, -0.1) is 0 Å². The zero-order valence-electron chi connectivity index (χ0n) is 9.07. The van der Waals surface area contributed by atoms with Gasteiger partial charge in [-0.05, 0) is 37.5 Å². The monoisotopic (exact) mass is 193 g/mol. The molecule has 0 atom stereocenters. The first-order valence-corrected chi connectivity index (χ1v) is 5.65. The largest absolute Gasteiger partial charge is 0.448 e. The Hall–Kier alpha value is -0.790. The minimum Gasteiger partial charge on any atom is -0.448 e. The average molecular weight is 193 g/mol. The number of oxazole rings is 1. The molecule has 2 heteroatoms. The molecule has 1 aromatic rings. The van der Waals surface area contributed by atoms with Crippen LogP contribution in [0.25, 0.3) is 0 Å². The molecule has 0 bridgehead atoms. The number of hydrogen-bond acceptors (Lipinski definition) is 2. The molecular weight excluding hydrogens is 174 g/mol. The van der Waals surface area contributed by atoms with Crippen LogP contribution in [0.5, 0.6) is 0 Å². The van der Waals surface area contributed by atoms with E-state index < -0.39 is 0 Å². The molecule has 1 heterocycles. The molecule has 0 unspecified atom stereocenters. The molecule has 1 aromatic heterocycles. The molecule has 1 aliphatic rings. The molecule has 0 spiro atoms. The zero-order chi connectivity index (χ0) is 9.97. The van der Waals surface area contributed by atoms with E-state index >= 15 is 0 Å². The Balaban J connectivity index is 1.90. The van der Waals surface area contributed by atoms with Gasteiger partial charge in [-0.3, -0.25) is 0 Å². The van der Waals surface area contributed by atoms with Crippen LogP contribution in [-0.4, -0.2) is 4.98 Å². The SMILES string of the molecule is CC(C)C1CCC(c2cnco2)CC1. The van der Waals surface area contributed by atoms with Gasteiger partial charge in [0, 0.05) is 5.92 Å². The molecule has 78 valence electrons. The molecule has 0 amide bonds. The van der Waals surface area contributed by atoms with Crippen LogP contribution in [0.2, 0.25) is 0 Å². The van der Waals surface area contributed by atoms with Crippen molar-refractivity contribution < 1.29 is 4.42 Å². The zero-order valence-corrected chi connectivity index (χ0v) is 9.07. The lowest BCUT2D eigenvalue weighted by molar-refractivity contribution is 0.244. The van der Waals surface area contributed by atoms with Crippen molar-refractivity contribution in [2.75, 3.05) is 0 Å². The van der Waals surface area contributed by atoms with E-state index in [4.69, 9.17) is 4.42 Å². The number of hydrogen-bond donors (Lipinski definition) is 0. The van der Waals surface area contributed by atoms with Gasteiger partial charge in [-0.25, -0.2) is 4.98 Å². The van der Waals surface area contributed by atoms with Gasteiger partial charge in [-0.1, -0.05) is 13.8 Å². The maximum atomic E-state index is 5.36. The fourth-order valence-electron chi connectivity index (χ4n) is 2.50. The number of nitrogens with zero attached hydrogens (tertiary/aromatic N) is 1. The predicted molar refractivity (Wildman–Crippen MR) is 56.0 cm³/mol. The third-order valence-electron chi connectivity index (χ3n) is 3.57. The normalized spacial score (nSPS) is 28.2. The fraction of sp³-hybridized carbons (Fsp3) is 0.750. The first-order chi connectivity index (χ1) is 6.77. The van der Waals surface area contributed by atoms with Gasteiger partial charge in [0.05, 0.1) is 6.20 Å². The Morgan fingerprint density at radius 1 is 1.29 bits per heavy atom. The lowest BCUT2D eigenvalue weighted by Gasteiger charge is -2.29. The summed E-state index contributed by atoms with van der Waals surface area (Å²) >= 11 is 0. The van der Waals surface area contributed by atoms with Crippen molar-refractivity contribution in [3.05, 3.63) is 18.4 Å². The van der Waals surface area contributed by atoms with Gasteiger partial charge < -0.3 is 4.42 Å². The molecule has 0 aromatic carbocycles. The summed E-state index contributed by atoms with van der Waals surface area (Å²) < 4.78 is 5.36. The molecule has 0 aliphatic heterocycles. The summed E-state index contributed by atoms with van der Waals surface area (Å²) in [7, 11) is 0. The molecule has 1 saturated carbocycles. The minimum atomic E-state index is 0.632. The van der Waals surface area contributed by atoms with Crippen LogP contribution in [0.15, 0.2) is 17.0 Å². The van der Waals surface area contributed by atoms with Gasteiger partial charge in [0.2, 0.25) is 0 Å². The highest BCUT2D eigenvalue weighted by Crippen LogP contribution is 2.38. The van der Waals surface area contributed by atoms with E-state index in [1.54, 1.807) is 6.39 Å². The fourth-order valence-corrected chi connectivity index (χ4v) is 2.50. The molecule has 1 fully saturated rings. The minimum absolute atomic E-state index is 0.632. The summed E-state index contributed by atoms with van der Waals surface area (Å²) in [6, 6.07) is 0. The van der Waals surface area contributed by atoms with Crippen LogP contribution in [0, 0.1) is 11.8 Å². The van der Waals surface area contributed by atoms with Crippen molar-refractivity contribution >= 4 is 0 Å². The number of aromatic nitrogens is 1. The van der Waals surface area contributed by atoms with Crippen molar-refractivity contribution in [3.8, 4) is 0 Å². The van der Waals surface area contributed by atoms with Gasteiger partial charge in [0.15, 0.2) is 6.39 Å². The standard InChI is InChI=1S/C12H19NO/c1-9(2)10-3-5-11(6-4-10)12-7-13-8-14-12/h7-11H,3-6H2,1-2H3. The van der Waals surface area contributed by atoms with Crippen molar-refractivity contribution in [1.82, 2.24) is 4.98 Å². The molecule has 0 radical (unpaired) electrons. The quantitative estimate of drug-likeness (QED) is 0.717. The topological polar surface area (TPSA) is 26.0 Å². The van der Waals surface area contributed by atoms with Gasteiger partial charge in [0.25, 0.3) is 0 Å². The smallest absolute Gasteiger partial charge is 0.180 e. The molecule has 2 nitrogen and oxygen atoms in total. The second kappa shape index (κ2) is 4.16. The molecule has 1 aliphatic carbocycles. The molecule has 2 rings (SSSR count). The summed E-state index contributed by atoms with van der Waals surface area (Å²) in [6.45, 7) is 4.67. The van der Waals surface area contributed by atoms with Crippen LogP contribution < -0.4 is 0 Å². The van der Waals surface area contributed by atoms with Crippen molar-refractivity contribution in [2.24, 2.45) is 11.8 Å². The van der Waals surface area contributed by atoms with Crippen LogP contribution in [0.4, 0.5) is 0 Å². The van der Waals surface area contributed by atoms with Crippen LogP contribution in [-0.2, 0) is 0 Å². The van der Waals surface area contributed by atoms with E-state index in [1.807, 2.05) is 6.20 Å². The van der Waals surface area contributed by atoms with Gasteiger partial charge >= 0.3 is 0 Å². The van der Waals surface area contributed by atoms with Gasteiger partial charge in [-0.2, -0.15) is 0 Å². The first-order valence-electron chi connectivity index (χ1n) is 5.65. The molecule has 0 saturated heterocycles.